The molecule has 0 spiro atoms. The van der Waals surface area contributed by atoms with Crippen LogP contribution in [-0.4, -0.2) is 56.6 Å². The molecule has 0 radical (unpaired) electrons. The Morgan fingerprint density at radius 1 is 0.972 bits per heavy atom. The number of amides is 1. The van der Waals surface area contributed by atoms with Crippen molar-refractivity contribution >= 4 is 11.6 Å². The molecule has 7 N–H and O–H groups in total. The number of hydrogen-bond acceptors (Lipinski definition) is 8. The zero-order valence-corrected chi connectivity index (χ0v) is 20.6. The van der Waals surface area contributed by atoms with Crippen molar-refractivity contribution in [1.29, 1.82) is 0 Å². The van der Waals surface area contributed by atoms with Crippen molar-refractivity contribution in [2.45, 2.75) is 49.6 Å². The summed E-state index contributed by atoms with van der Waals surface area (Å²) in [5, 5.41) is 17.8. The topological polar surface area (TPSA) is 111 Å². The highest BCUT2D eigenvalue weighted by Gasteiger charge is 2.46. The monoisotopic (exact) mass is 491 g/mol. The lowest BCUT2D eigenvalue weighted by molar-refractivity contribution is 0.0925. The third-order valence-corrected chi connectivity index (χ3v) is 8.11. The van der Waals surface area contributed by atoms with E-state index in [0.717, 1.165) is 56.0 Å². The van der Waals surface area contributed by atoms with E-state index in [1.54, 1.807) is 0 Å². The van der Waals surface area contributed by atoms with Crippen molar-refractivity contribution in [2.75, 3.05) is 38.1 Å². The average Bonchev–Trinajstić information content (AvgIpc) is 3.61. The molecule has 2 aromatic rings. The van der Waals surface area contributed by atoms with Gasteiger partial charge in [0, 0.05) is 29.8 Å². The van der Waals surface area contributed by atoms with Gasteiger partial charge in [0.15, 0.2) is 0 Å². The third-order valence-electron chi connectivity index (χ3n) is 8.11. The molecule has 0 bridgehead atoms. The summed E-state index contributed by atoms with van der Waals surface area (Å²) in [6.07, 6.45) is 4.42. The molecule has 0 aliphatic carbocycles. The Kier molecular flexibility index (Phi) is 6.81. The van der Waals surface area contributed by atoms with Crippen molar-refractivity contribution in [1.82, 2.24) is 32.1 Å². The van der Waals surface area contributed by atoms with Crippen molar-refractivity contribution < 1.29 is 9.53 Å². The van der Waals surface area contributed by atoms with Gasteiger partial charge < -0.3 is 26.0 Å². The predicted octanol–water partition coefficient (Wildman–Crippen LogP) is 1.43. The minimum absolute atomic E-state index is 0.0469. The van der Waals surface area contributed by atoms with E-state index in [1.165, 1.54) is 12.8 Å². The molecule has 9 nitrogen and oxygen atoms in total. The zero-order valence-electron chi connectivity index (χ0n) is 20.6. The van der Waals surface area contributed by atoms with E-state index in [0.29, 0.717) is 18.1 Å². The highest BCUT2D eigenvalue weighted by Crippen LogP contribution is 2.32. The first-order valence-corrected chi connectivity index (χ1v) is 13.3. The van der Waals surface area contributed by atoms with Crippen LogP contribution in [0.15, 0.2) is 48.5 Å². The summed E-state index contributed by atoms with van der Waals surface area (Å²) in [5.41, 5.74) is 9.49. The van der Waals surface area contributed by atoms with Crippen LogP contribution < -0.4 is 42.2 Å². The molecule has 4 aliphatic rings. The van der Waals surface area contributed by atoms with E-state index in [4.69, 9.17) is 4.74 Å². The SMILES string of the molecule is O=C(N[C@H]1CCOc2ccccc21)c1cccc(N[C@]2(C3NNC(C4CCNCC4)N3)CCNC2)c1. The fraction of sp³-hybridized carbons (Fsp3) is 0.519. The smallest absolute Gasteiger partial charge is 0.251 e. The molecule has 0 saturated carbocycles. The Bertz CT molecular complexity index is 1070. The first-order chi connectivity index (χ1) is 17.7. The number of ether oxygens (including phenoxy) is 1. The third kappa shape index (κ3) is 4.81. The van der Waals surface area contributed by atoms with Crippen molar-refractivity contribution in [3.63, 3.8) is 0 Å². The standard InChI is InChI=1S/C27H37N7O2/c35-25(30-22-10-15-36-23-7-2-1-6-21(22)23)19-4-3-5-20(16-19)32-27(11-14-29-17-27)26-31-24(33-34-26)18-8-12-28-13-9-18/h1-7,16,18,22,24,26,28-29,31-34H,8-15,17H2,(H,30,35)/t22-,24?,26?,27+/m0/s1. The van der Waals surface area contributed by atoms with Crippen LogP contribution in [0.5, 0.6) is 5.75 Å². The van der Waals surface area contributed by atoms with E-state index in [9.17, 15) is 4.79 Å². The van der Waals surface area contributed by atoms with Crippen LogP contribution in [0, 0.1) is 5.92 Å². The van der Waals surface area contributed by atoms with Gasteiger partial charge in [-0.2, -0.15) is 0 Å². The van der Waals surface area contributed by atoms with Crippen molar-refractivity contribution in [3.05, 3.63) is 59.7 Å². The van der Waals surface area contributed by atoms with Gasteiger partial charge in [0.25, 0.3) is 5.91 Å². The number of fused-ring (bicyclic) bond motifs is 1. The Hall–Kier alpha value is -2.69. The number of benzene rings is 2. The molecule has 0 aromatic heterocycles. The minimum Gasteiger partial charge on any atom is -0.493 e. The summed E-state index contributed by atoms with van der Waals surface area (Å²) in [6.45, 7) is 4.55. The van der Waals surface area contributed by atoms with Gasteiger partial charge >= 0.3 is 0 Å². The van der Waals surface area contributed by atoms with Gasteiger partial charge in [-0.15, -0.1) is 0 Å². The van der Waals surface area contributed by atoms with Crippen LogP contribution in [-0.2, 0) is 0 Å². The summed E-state index contributed by atoms with van der Waals surface area (Å²) in [7, 11) is 0. The molecule has 6 rings (SSSR count). The molecular formula is C27H37N7O2. The summed E-state index contributed by atoms with van der Waals surface area (Å²) >= 11 is 0. The van der Waals surface area contributed by atoms with Crippen LogP contribution in [0.3, 0.4) is 0 Å². The highest BCUT2D eigenvalue weighted by molar-refractivity contribution is 5.95. The summed E-state index contributed by atoms with van der Waals surface area (Å²) in [5.74, 6) is 1.40. The second-order valence-corrected chi connectivity index (χ2v) is 10.4. The lowest BCUT2D eigenvalue weighted by Gasteiger charge is -2.37. The lowest BCUT2D eigenvalue weighted by atomic mass is 9.92. The predicted molar refractivity (Wildman–Crippen MR) is 140 cm³/mol. The molecule has 36 heavy (non-hydrogen) atoms. The van der Waals surface area contributed by atoms with Gasteiger partial charge in [-0.25, -0.2) is 10.9 Å². The highest BCUT2D eigenvalue weighted by atomic mass is 16.5. The molecule has 1 amide bonds. The molecule has 4 aliphatic heterocycles. The quantitative estimate of drug-likeness (QED) is 0.325. The van der Waals surface area contributed by atoms with E-state index in [2.05, 4.69) is 37.4 Å². The van der Waals surface area contributed by atoms with Gasteiger partial charge in [-0.3, -0.25) is 10.1 Å². The van der Waals surface area contributed by atoms with Crippen LogP contribution in [0.1, 0.15) is 47.6 Å². The average molecular weight is 492 g/mol. The van der Waals surface area contributed by atoms with Gasteiger partial charge in [-0.05, 0) is 69.1 Å². The van der Waals surface area contributed by atoms with Gasteiger partial charge in [0.05, 0.1) is 30.5 Å². The van der Waals surface area contributed by atoms with E-state index >= 15 is 0 Å². The van der Waals surface area contributed by atoms with Crippen LogP contribution in [0.4, 0.5) is 5.69 Å². The molecule has 4 heterocycles. The molecule has 2 aromatic carbocycles. The number of anilines is 1. The first kappa shape index (κ1) is 23.7. The fourth-order valence-corrected chi connectivity index (χ4v) is 6.06. The second-order valence-electron chi connectivity index (χ2n) is 10.4. The van der Waals surface area contributed by atoms with Crippen LogP contribution in [0.2, 0.25) is 0 Å². The van der Waals surface area contributed by atoms with Gasteiger partial charge in [-0.1, -0.05) is 24.3 Å². The number of rotatable bonds is 6. The van der Waals surface area contributed by atoms with Gasteiger partial charge in [0.1, 0.15) is 5.75 Å². The Morgan fingerprint density at radius 2 is 1.86 bits per heavy atom. The maximum Gasteiger partial charge on any atom is 0.251 e. The van der Waals surface area contributed by atoms with E-state index in [-0.39, 0.29) is 29.8 Å². The first-order valence-electron chi connectivity index (χ1n) is 13.3. The molecule has 3 fully saturated rings. The molecule has 3 saturated heterocycles. The van der Waals surface area contributed by atoms with E-state index in [1.807, 2.05) is 48.5 Å². The van der Waals surface area contributed by atoms with Crippen molar-refractivity contribution in [3.8, 4) is 5.75 Å². The second kappa shape index (κ2) is 10.4. The van der Waals surface area contributed by atoms with Gasteiger partial charge in [0.2, 0.25) is 0 Å². The minimum atomic E-state index is -0.205. The zero-order chi connectivity index (χ0) is 24.4. The number of hydrazine groups is 1. The summed E-state index contributed by atoms with van der Waals surface area (Å²) in [6, 6.07) is 15.7. The number of piperidine rings is 1. The normalized spacial score (nSPS) is 30.4. The maximum atomic E-state index is 13.2. The summed E-state index contributed by atoms with van der Waals surface area (Å²) < 4.78 is 5.75. The number of para-hydroxylation sites is 1. The molecule has 192 valence electrons. The largest absolute Gasteiger partial charge is 0.493 e. The maximum absolute atomic E-state index is 13.2. The molecular weight excluding hydrogens is 454 g/mol. The Morgan fingerprint density at radius 3 is 2.72 bits per heavy atom. The number of carbonyl (C=O) groups is 1. The Labute approximate surface area is 212 Å². The number of hydrogen-bond donors (Lipinski definition) is 7. The fourth-order valence-electron chi connectivity index (χ4n) is 6.06. The molecule has 4 atom stereocenters. The van der Waals surface area contributed by atoms with Crippen molar-refractivity contribution in [2.24, 2.45) is 5.92 Å². The Balaban J connectivity index is 1.14. The number of nitrogens with one attached hydrogen (secondary N) is 7. The lowest BCUT2D eigenvalue weighted by Crippen LogP contribution is -2.60. The van der Waals surface area contributed by atoms with Crippen LogP contribution in [0.25, 0.3) is 0 Å². The van der Waals surface area contributed by atoms with E-state index < -0.39 is 0 Å². The molecule has 2 unspecified atom stereocenters. The molecule has 9 heteroatoms. The number of carbonyl (C=O) groups excluding carboxylic acids is 1. The summed E-state index contributed by atoms with van der Waals surface area (Å²) in [4.78, 5) is 13.2. The van der Waals surface area contributed by atoms with Crippen LogP contribution >= 0.6 is 0 Å².